The summed E-state index contributed by atoms with van der Waals surface area (Å²) in [6, 6.07) is 0. The molecule has 2 N–H and O–H groups in total. The predicted molar refractivity (Wildman–Crippen MR) is 64.4 cm³/mol. The largest absolute Gasteiger partial charge is 0.332 e. The molecule has 84 valence electrons. The van der Waals surface area contributed by atoms with E-state index in [1.54, 1.807) is 17.1 Å². The van der Waals surface area contributed by atoms with Crippen LogP contribution in [0.25, 0.3) is 0 Å². The van der Waals surface area contributed by atoms with Gasteiger partial charge in [-0.3, -0.25) is 4.79 Å². The number of hydrogen-bond acceptors (Lipinski definition) is 2. The van der Waals surface area contributed by atoms with Crippen LogP contribution in [0.3, 0.4) is 0 Å². The molecule has 1 amide bonds. The summed E-state index contributed by atoms with van der Waals surface area (Å²) < 4.78 is 0. The number of carbonyl (C=O) groups is 1. The molecule has 0 saturated carbocycles. The molecule has 0 bridgehead atoms. The minimum Gasteiger partial charge on any atom is -0.332 e. The van der Waals surface area contributed by atoms with Gasteiger partial charge in [0.15, 0.2) is 0 Å². The maximum Gasteiger partial charge on any atom is 0.249 e. The van der Waals surface area contributed by atoms with E-state index in [0.717, 1.165) is 6.42 Å². The lowest BCUT2D eigenvalue weighted by atomic mass is 10.1. The fourth-order valence-electron chi connectivity index (χ4n) is 1.20. The standard InChI is InChI=1S/C12H20N2O/c1-4-9-14(10-5-2)12(15)11(3)7-6-8-13/h4-5H,1-3,6-10,13H2. The molecule has 0 aliphatic carbocycles. The Morgan fingerprint density at radius 1 is 1.27 bits per heavy atom. The first-order valence-electron chi connectivity index (χ1n) is 5.06. The normalized spacial score (nSPS) is 9.40. The number of nitrogens with zero attached hydrogens (tertiary/aromatic N) is 1. The highest BCUT2D eigenvalue weighted by Crippen LogP contribution is 2.06. The zero-order valence-electron chi connectivity index (χ0n) is 9.24. The Balaban J connectivity index is 4.27. The molecular formula is C12H20N2O. The van der Waals surface area contributed by atoms with Crippen LogP contribution in [0.2, 0.25) is 0 Å². The molecule has 0 unspecified atom stereocenters. The Morgan fingerprint density at radius 2 is 1.80 bits per heavy atom. The first kappa shape index (κ1) is 13.7. The Kier molecular flexibility index (Phi) is 7.28. The van der Waals surface area contributed by atoms with E-state index in [0.29, 0.717) is 31.6 Å². The van der Waals surface area contributed by atoms with E-state index in [1.807, 2.05) is 0 Å². The van der Waals surface area contributed by atoms with Crippen molar-refractivity contribution in [1.29, 1.82) is 0 Å². The van der Waals surface area contributed by atoms with Crippen LogP contribution >= 0.6 is 0 Å². The molecule has 0 aliphatic rings. The number of nitrogens with two attached hydrogens (primary N) is 1. The van der Waals surface area contributed by atoms with Gasteiger partial charge in [0.25, 0.3) is 0 Å². The third-order valence-corrected chi connectivity index (χ3v) is 1.97. The van der Waals surface area contributed by atoms with Crippen molar-refractivity contribution in [2.24, 2.45) is 5.73 Å². The summed E-state index contributed by atoms with van der Waals surface area (Å²) in [4.78, 5) is 13.5. The minimum absolute atomic E-state index is 0.0387. The van der Waals surface area contributed by atoms with Crippen LogP contribution in [-0.4, -0.2) is 30.4 Å². The van der Waals surface area contributed by atoms with Gasteiger partial charge in [-0.05, 0) is 19.4 Å². The van der Waals surface area contributed by atoms with Gasteiger partial charge in [0.1, 0.15) is 0 Å². The van der Waals surface area contributed by atoms with Crippen LogP contribution in [0.4, 0.5) is 0 Å². The van der Waals surface area contributed by atoms with Crippen molar-refractivity contribution in [3.63, 3.8) is 0 Å². The summed E-state index contributed by atoms with van der Waals surface area (Å²) in [6.45, 7) is 12.6. The highest BCUT2D eigenvalue weighted by atomic mass is 16.2. The third-order valence-electron chi connectivity index (χ3n) is 1.97. The number of rotatable bonds is 8. The van der Waals surface area contributed by atoms with Crippen LogP contribution in [0, 0.1) is 0 Å². The number of carbonyl (C=O) groups excluding carboxylic acids is 1. The second-order valence-electron chi connectivity index (χ2n) is 3.28. The molecule has 15 heavy (non-hydrogen) atoms. The molecule has 0 atom stereocenters. The van der Waals surface area contributed by atoms with Crippen molar-refractivity contribution in [1.82, 2.24) is 4.90 Å². The molecule has 3 nitrogen and oxygen atoms in total. The van der Waals surface area contributed by atoms with Gasteiger partial charge < -0.3 is 10.6 Å². The summed E-state index contributed by atoms with van der Waals surface area (Å²) in [5.74, 6) is -0.0387. The topological polar surface area (TPSA) is 46.3 Å². The third kappa shape index (κ3) is 5.18. The monoisotopic (exact) mass is 208 g/mol. The van der Waals surface area contributed by atoms with Crippen molar-refractivity contribution in [3.05, 3.63) is 37.5 Å². The van der Waals surface area contributed by atoms with E-state index in [-0.39, 0.29) is 5.91 Å². The lowest BCUT2D eigenvalue weighted by Gasteiger charge is -2.20. The minimum atomic E-state index is -0.0387. The summed E-state index contributed by atoms with van der Waals surface area (Å²) in [6.07, 6.45) is 4.83. The van der Waals surface area contributed by atoms with Gasteiger partial charge in [0.2, 0.25) is 5.91 Å². The molecule has 0 fully saturated rings. The van der Waals surface area contributed by atoms with E-state index < -0.39 is 0 Å². The second kappa shape index (κ2) is 8.00. The van der Waals surface area contributed by atoms with Gasteiger partial charge in [-0.2, -0.15) is 0 Å². The average Bonchev–Trinajstić information content (AvgIpc) is 2.24. The fraction of sp³-hybridized carbons (Fsp3) is 0.417. The van der Waals surface area contributed by atoms with Gasteiger partial charge in [-0.1, -0.05) is 18.7 Å². The highest BCUT2D eigenvalue weighted by Gasteiger charge is 2.13. The summed E-state index contributed by atoms with van der Waals surface area (Å²) >= 11 is 0. The smallest absolute Gasteiger partial charge is 0.249 e. The molecular weight excluding hydrogens is 188 g/mol. The number of amides is 1. The van der Waals surface area contributed by atoms with E-state index in [1.165, 1.54) is 0 Å². The maximum absolute atomic E-state index is 11.8. The molecule has 0 heterocycles. The van der Waals surface area contributed by atoms with Gasteiger partial charge in [0, 0.05) is 18.7 Å². The van der Waals surface area contributed by atoms with Crippen molar-refractivity contribution in [3.8, 4) is 0 Å². The van der Waals surface area contributed by atoms with Gasteiger partial charge >= 0.3 is 0 Å². The first-order chi connectivity index (χ1) is 7.17. The van der Waals surface area contributed by atoms with Crippen LogP contribution < -0.4 is 5.73 Å². The fourth-order valence-corrected chi connectivity index (χ4v) is 1.20. The van der Waals surface area contributed by atoms with E-state index in [4.69, 9.17) is 5.73 Å². The molecule has 3 heteroatoms. The summed E-state index contributed by atoms with van der Waals surface area (Å²) in [7, 11) is 0. The Morgan fingerprint density at radius 3 is 2.20 bits per heavy atom. The van der Waals surface area contributed by atoms with Gasteiger partial charge in [-0.15, -0.1) is 13.2 Å². The van der Waals surface area contributed by atoms with Crippen molar-refractivity contribution in [2.75, 3.05) is 19.6 Å². The Bertz CT molecular complexity index is 236. The molecule has 0 rings (SSSR count). The lowest BCUT2D eigenvalue weighted by molar-refractivity contribution is -0.126. The van der Waals surface area contributed by atoms with Crippen LogP contribution in [-0.2, 0) is 4.79 Å². The second-order valence-corrected chi connectivity index (χ2v) is 3.28. The molecule has 0 spiro atoms. The molecule has 0 saturated heterocycles. The van der Waals surface area contributed by atoms with E-state index in [2.05, 4.69) is 19.7 Å². The maximum atomic E-state index is 11.8. The Labute approximate surface area is 91.9 Å². The quantitative estimate of drug-likeness (QED) is 0.485. The Hall–Kier alpha value is -1.35. The van der Waals surface area contributed by atoms with Gasteiger partial charge in [0.05, 0.1) is 0 Å². The van der Waals surface area contributed by atoms with E-state index >= 15 is 0 Å². The molecule has 0 aromatic rings. The zero-order chi connectivity index (χ0) is 11.7. The van der Waals surface area contributed by atoms with Crippen LogP contribution in [0.5, 0.6) is 0 Å². The van der Waals surface area contributed by atoms with Crippen molar-refractivity contribution in [2.45, 2.75) is 12.8 Å². The van der Waals surface area contributed by atoms with Crippen LogP contribution in [0.15, 0.2) is 37.5 Å². The predicted octanol–water partition coefficient (Wildman–Crippen LogP) is 1.48. The number of hydrogen-bond donors (Lipinski definition) is 1. The van der Waals surface area contributed by atoms with Crippen molar-refractivity contribution < 1.29 is 4.79 Å². The van der Waals surface area contributed by atoms with E-state index in [9.17, 15) is 4.79 Å². The molecule has 0 radical (unpaired) electrons. The molecule has 0 aliphatic heterocycles. The first-order valence-corrected chi connectivity index (χ1v) is 5.06. The van der Waals surface area contributed by atoms with Gasteiger partial charge in [-0.25, -0.2) is 0 Å². The highest BCUT2D eigenvalue weighted by molar-refractivity contribution is 5.92. The SMILES string of the molecule is C=CCN(CC=C)C(=O)C(=C)CCCN. The van der Waals surface area contributed by atoms with Crippen LogP contribution in [0.1, 0.15) is 12.8 Å². The summed E-state index contributed by atoms with van der Waals surface area (Å²) in [5.41, 5.74) is 5.97. The lowest BCUT2D eigenvalue weighted by Crippen LogP contribution is -2.32. The zero-order valence-corrected chi connectivity index (χ0v) is 9.24. The average molecular weight is 208 g/mol. The molecule has 0 aromatic heterocycles. The summed E-state index contributed by atoms with van der Waals surface area (Å²) in [5, 5.41) is 0. The molecule has 0 aromatic carbocycles. The van der Waals surface area contributed by atoms with Crippen molar-refractivity contribution >= 4 is 5.91 Å².